The normalized spacial score (nSPS) is 25.7. The third-order valence-electron chi connectivity index (χ3n) is 5.62. The summed E-state index contributed by atoms with van der Waals surface area (Å²) in [5.41, 5.74) is 1.61. The van der Waals surface area contributed by atoms with Crippen LogP contribution >= 0.6 is 11.6 Å². The minimum Gasteiger partial charge on any atom is -0.364 e. The van der Waals surface area contributed by atoms with Crippen LogP contribution in [0.5, 0.6) is 0 Å². The van der Waals surface area contributed by atoms with E-state index in [4.69, 9.17) is 16.3 Å². The number of ether oxygens (including phenoxy) is 1. The highest BCUT2D eigenvalue weighted by molar-refractivity contribution is 6.31. The van der Waals surface area contributed by atoms with Crippen molar-refractivity contribution in [1.82, 2.24) is 10.2 Å². The van der Waals surface area contributed by atoms with E-state index in [-0.39, 0.29) is 24.4 Å². The summed E-state index contributed by atoms with van der Waals surface area (Å²) in [6.07, 6.45) is 0.497. The van der Waals surface area contributed by atoms with E-state index in [0.717, 1.165) is 5.56 Å². The fourth-order valence-electron chi connectivity index (χ4n) is 4.14. The molecule has 2 aromatic carbocycles. The maximum Gasteiger partial charge on any atom is 0.246 e. The van der Waals surface area contributed by atoms with Crippen LogP contribution in [0.1, 0.15) is 23.1 Å². The number of amides is 1. The molecule has 0 radical (unpaired) electrons. The average molecular weight is 389 g/mol. The van der Waals surface area contributed by atoms with Crippen LogP contribution in [-0.4, -0.2) is 36.6 Å². The molecule has 1 N–H and O–H groups in total. The number of rotatable bonds is 3. The molecule has 4 rings (SSSR count). The van der Waals surface area contributed by atoms with Gasteiger partial charge in [0.1, 0.15) is 12.4 Å². The predicted molar refractivity (Wildman–Crippen MR) is 102 cm³/mol. The summed E-state index contributed by atoms with van der Waals surface area (Å²) in [4.78, 5) is 14.2. The Kier molecular flexibility index (Phi) is 4.93. The van der Waals surface area contributed by atoms with Gasteiger partial charge in [-0.05, 0) is 30.5 Å². The second-order valence-electron chi connectivity index (χ2n) is 7.33. The lowest BCUT2D eigenvalue weighted by Crippen LogP contribution is -2.66. The van der Waals surface area contributed by atoms with Gasteiger partial charge < -0.3 is 10.1 Å². The summed E-state index contributed by atoms with van der Waals surface area (Å²) in [7, 11) is 0. The molecule has 2 aliphatic rings. The van der Waals surface area contributed by atoms with E-state index in [1.54, 1.807) is 19.1 Å². The molecule has 0 unspecified atom stereocenters. The van der Waals surface area contributed by atoms with Crippen molar-refractivity contribution < 1.29 is 13.9 Å². The van der Waals surface area contributed by atoms with Crippen molar-refractivity contribution in [2.75, 3.05) is 19.7 Å². The zero-order valence-electron chi connectivity index (χ0n) is 15.2. The van der Waals surface area contributed by atoms with Crippen LogP contribution < -0.4 is 5.32 Å². The molecule has 1 amide bonds. The third kappa shape index (κ3) is 3.35. The second-order valence-corrected chi connectivity index (χ2v) is 7.73. The number of carbonyl (C=O) groups excluding carboxylic acids is 1. The van der Waals surface area contributed by atoms with Crippen LogP contribution in [0.2, 0.25) is 5.02 Å². The number of likely N-dealkylation sites (tertiary alicyclic amines) is 1. The fraction of sp³-hybridized carbons (Fsp3) is 0.381. The highest BCUT2D eigenvalue weighted by Crippen LogP contribution is 2.38. The fourth-order valence-corrected chi connectivity index (χ4v) is 4.35. The quantitative estimate of drug-likeness (QED) is 0.876. The Morgan fingerprint density at radius 1 is 1.30 bits per heavy atom. The minimum absolute atomic E-state index is 0.0483. The molecule has 2 heterocycles. The van der Waals surface area contributed by atoms with E-state index >= 15 is 0 Å². The molecule has 2 aliphatic heterocycles. The molecule has 0 saturated carbocycles. The summed E-state index contributed by atoms with van der Waals surface area (Å²) >= 11 is 6.25. The summed E-state index contributed by atoms with van der Waals surface area (Å²) in [5, 5.41) is 3.61. The minimum atomic E-state index is -0.540. The number of fused-ring (bicyclic) bond motifs is 1. The standard InChI is InChI=1S/C21H22ClFN2O2/c1-14-7-8-17(22)16(20(14)23)11-25-10-9-21(15-5-3-2-4-6-15)18(12-25)27-13-19(26)24-21/h2-8,18H,9-13H2,1H3,(H,24,26)/t18-,21+/m1/s1. The number of benzene rings is 2. The van der Waals surface area contributed by atoms with Gasteiger partial charge in [0.25, 0.3) is 0 Å². The average Bonchev–Trinajstić information content (AvgIpc) is 2.69. The van der Waals surface area contributed by atoms with E-state index in [0.29, 0.717) is 42.2 Å². The molecule has 0 spiro atoms. The van der Waals surface area contributed by atoms with Gasteiger partial charge in [0, 0.05) is 30.2 Å². The van der Waals surface area contributed by atoms with Gasteiger partial charge in [-0.15, -0.1) is 0 Å². The number of carbonyl (C=O) groups is 1. The Labute approximate surface area is 163 Å². The Morgan fingerprint density at radius 3 is 2.85 bits per heavy atom. The zero-order chi connectivity index (χ0) is 19.0. The van der Waals surface area contributed by atoms with Crippen molar-refractivity contribution in [2.45, 2.75) is 31.5 Å². The molecule has 0 bridgehead atoms. The number of halogens is 2. The maximum atomic E-state index is 14.5. The summed E-state index contributed by atoms with van der Waals surface area (Å²) < 4.78 is 20.5. The topological polar surface area (TPSA) is 41.6 Å². The molecular formula is C21H22ClFN2O2. The number of aryl methyl sites for hydroxylation is 1. The van der Waals surface area contributed by atoms with Crippen LogP contribution in [0.25, 0.3) is 0 Å². The van der Waals surface area contributed by atoms with Gasteiger partial charge >= 0.3 is 0 Å². The maximum absolute atomic E-state index is 14.5. The van der Waals surface area contributed by atoms with E-state index in [1.807, 2.05) is 30.3 Å². The van der Waals surface area contributed by atoms with Crippen LogP contribution in [0, 0.1) is 12.7 Å². The molecule has 2 fully saturated rings. The van der Waals surface area contributed by atoms with Gasteiger partial charge in [-0.1, -0.05) is 48.0 Å². The van der Waals surface area contributed by atoms with E-state index < -0.39 is 5.54 Å². The van der Waals surface area contributed by atoms with Crippen molar-refractivity contribution in [3.05, 3.63) is 70.0 Å². The predicted octanol–water partition coefficient (Wildman–Crippen LogP) is 3.40. The highest BCUT2D eigenvalue weighted by Gasteiger charge is 2.49. The van der Waals surface area contributed by atoms with Gasteiger partial charge in [-0.2, -0.15) is 0 Å². The summed E-state index contributed by atoms with van der Waals surface area (Å²) in [5.74, 6) is -0.350. The molecule has 0 aromatic heterocycles. The van der Waals surface area contributed by atoms with Crippen molar-refractivity contribution in [2.24, 2.45) is 0 Å². The second kappa shape index (κ2) is 7.23. The Hall–Kier alpha value is -1.95. The number of piperidine rings is 1. The monoisotopic (exact) mass is 388 g/mol. The molecule has 142 valence electrons. The lowest BCUT2D eigenvalue weighted by Gasteiger charge is -2.50. The Morgan fingerprint density at radius 2 is 2.07 bits per heavy atom. The third-order valence-corrected chi connectivity index (χ3v) is 5.98. The van der Waals surface area contributed by atoms with Gasteiger partial charge in [0.15, 0.2) is 0 Å². The molecule has 6 heteroatoms. The largest absolute Gasteiger partial charge is 0.364 e. The van der Waals surface area contributed by atoms with E-state index in [2.05, 4.69) is 10.2 Å². The molecule has 27 heavy (non-hydrogen) atoms. The molecule has 4 nitrogen and oxygen atoms in total. The lowest BCUT2D eigenvalue weighted by molar-refractivity contribution is -0.152. The van der Waals surface area contributed by atoms with E-state index in [1.165, 1.54) is 0 Å². The lowest BCUT2D eigenvalue weighted by atomic mass is 9.77. The molecule has 2 saturated heterocycles. The van der Waals surface area contributed by atoms with Crippen molar-refractivity contribution in [3.63, 3.8) is 0 Å². The van der Waals surface area contributed by atoms with Crippen molar-refractivity contribution in [3.8, 4) is 0 Å². The van der Waals surface area contributed by atoms with Crippen LogP contribution in [0.15, 0.2) is 42.5 Å². The highest BCUT2D eigenvalue weighted by atomic mass is 35.5. The van der Waals surface area contributed by atoms with Crippen LogP contribution in [-0.2, 0) is 21.6 Å². The molecule has 0 aliphatic carbocycles. The van der Waals surface area contributed by atoms with E-state index in [9.17, 15) is 9.18 Å². The first-order valence-corrected chi connectivity index (χ1v) is 9.51. The van der Waals surface area contributed by atoms with Crippen LogP contribution in [0.4, 0.5) is 4.39 Å². The number of nitrogens with zero attached hydrogens (tertiary/aromatic N) is 1. The Balaban J connectivity index is 1.59. The molecular weight excluding hydrogens is 367 g/mol. The number of hydrogen-bond acceptors (Lipinski definition) is 3. The first-order valence-electron chi connectivity index (χ1n) is 9.13. The smallest absolute Gasteiger partial charge is 0.246 e. The first-order chi connectivity index (χ1) is 13.0. The molecule has 2 aromatic rings. The van der Waals surface area contributed by atoms with Crippen molar-refractivity contribution >= 4 is 17.5 Å². The van der Waals surface area contributed by atoms with Crippen molar-refractivity contribution in [1.29, 1.82) is 0 Å². The van der Waals surface area contributed by atoms with Gasteiger partial charge in [0.05, 0.1) is 11.6 Å². The first kappa shape index (κ1) is 18.4. The van der Waals surface area contributed by atoms with Gasteiger partial charge in [-0.3, -0.25) is 9.69 Å². The van der Waals surface area contributed by atoms with Gasteiger partial charge in [-0.25, -0.2) is 4.39 Å². The SMILES string of the molecule is Cc1ccc(Cl)c(CN2CC[C@@]3(c4ccccc4)NC(=O)CO[C@@H]3C2)c1F. The number of morpholine rings is 1. The van der Waals surface area contributed by atoms with Gasteiger partial charge in [0.2, 0.25) is 5.91 Å². The van der Waals surface area contributed by atoms with Crippen LogP contribution in [0.3, 0.4) is 0 Å². The number of nitrogens with one attached hydrogen (secondary N) is 1. The Bertz CT molecular complexity index is 861. The molecule has 2 atom stereocenters. The summed E-state index contributed by atoms with van der Waals surface area (Å²) in [6, 6.07) is 13.4. The summed E-state index contributed by atoms with van der Waals surface area (Å²) in [6.45, 7) is 3.51. The zero-order valence-corrected chi connectivity index (χ0v) is 15.9. The number of hydrogen-bond donors (Lipinski definition) is 1.